The van der Waals surface area contributed by atoms with Crippen LogP contribution in [0.25, 0.3) is 11.3 Å². The number of hydroxylamine groups is 1. The molecule has 3 rings (SSSR count). The molecule has 2 aromatic rings. The molecule has 8 nitrogen and oxygen atoms in total. The Kier molecular flexibility index (Phi) is 7.71. The van der Waals surface area contributed by atoms with Crippen LogP contribution in [0.2, 0.25) is 0 Å². The fourth-order valence-corrected chi connectivity index (χ4v) is 5.09. The van der Waals surface area contributed by atoms with Gasteiger partial charge in [-0.2, -0.15) is 4.72 Å². The molecule has 1 saturated carbocycles. The molecule has 1 aromatic heterocycles. The van der Waals surface area contributed by atoms with Crippen molar-refractivity contribution in [2.75, 3.05) is 6.54 Å². The molecular formula is C21H27FN4O4S. The SMILES string of the molecule is NCC1CCC(C[C@H](NS(=O)(=O)c2ccc(-c3cccc(F)c3)nc2)C(=O)NO)CC1. The van der Waals surface area contributed by atoms with Gasteiger partial charge in [-0.05, 0) is 61.9 Å². The van der Waals surface area contributed by atoms with Crippen molar-refractivity contribution in [1.29, 1.82) is 0 Å². The number of pyridine rings is 1. The quantitative estimate of drug-likeness (QED) is 0.360. The van der Waals surface area contributed by atoms with Crippen molar-refractivity contribution in [3.8, 4) is 11.3 Å². The van der Waals surface area contributed by atoms with Crippen LogP contribution in [0.5, 0.6) is 0 Å². The Hall–Kier alpha value is -2.40. The predicted molar refractivity (Wildman–Crippen MR) is 113 cm³/mol. The maximum absolute atomic E-state index is 13.4. The van der Waals surface area contributed by atoms with Gasteiger partial charge in [0.05, 0.1) is 5.69 Å². The molecule has 168 valence electrons. The minimum atomic E-state index is -4.07. The Morgan fingerprint density at radius 1 is 1.19 bits per heavy atom. The van der Waals surface area contributed by atoms with Crippen LogP contribution >= 0.6 is 0 Å². The van der Waals surface area contributed by atoms with Gasteiger partial charge in [0.15, 0.2) is 0 Å². The van der Waals surface area contributed by atoms with Gasteiger partial charge < -0.3 is 5.73 Å². The third kappa shape index (κ3) is 6.07. The van der Waals surface area contributed by atoms with Crippen LogP contribution in [0.1, 0.15) is 32.1 Å². The summed E-state index contributed by atoms with van der Waals surface area (Å²) in [5, 5.41) is 9.07. The van der Waals surface area contributed by atoms with Crippen molar-refractivity contribution in [2.45, 2.75) is 43.0 Å². The monoisotopic (exact) mass is 450 g/mol. The van der Waals surface area contributed by atoms with E-state index in [-0.39, 0.29) is 17.2 Å². The summed E-state index contributed by atoms with van der Waals surface area (Å²) in [5.41, 5.74) is 8.19. The standard InChI is InChI=1S/C21H27FN4O4S/c22-17-3-1-2-16(11-17)19-9-8-18(13-24-19)31(29,30)26-20(21(27)25-28)10-14-4-6-15(12-23)7-5-14/h1-3,8-9,11,13-15,20,26,28H,4-7,10,12,23H2,(H,25,27)/t14?,15?,20-/m0/s1. The number of amides is 1. The summed E-state index contributed by atoms with van der Waals surface area (Å²) in [4.78, 5) is 16.1. The molecule has 1 aliphatic carbocycles. The molecule has 0 aliphatic heterocycles. The lowest BCUT2D eigenvalue weighted by Gasteiger charge is -2.29. The topological polar surface area (TPSA) is 134 Å². The van der Waals surface area contributed by atoms with Gasteiger partial charge in [-0.3, -0.25) is 15.0 Å². The molecule has 1 amide bonds. The van der Waals surface area contributed by atoms with Crippen molar-refractivity contribution in [3.05, 3.63) is 48.4 Å². The minimum absolute atomic E-state index is 0.129. The molecule has 1 aliphatic rings. The first-order valence-corrected chi connectivity index (χ1v) is 11.7. The number of rotatable bonds is 8. The van der Waals surface area contributed by atoms with Crippen LogP contribution < -0.4 is 15.9 Å². The van der Waals surface area contributed by atoms with Crippen molar-refractivity contribution in [1.82, 2.24) is 15.2 Å². The number of benzene rings is 1. The van der Waals surface area contributed by atoms with E-state index in [1.54, 1.807) is 11.5 Å². The molecule has 0 spiro atoms. The molecule has 0 bridgehead atoms. The summed E-state index contributed by atoms with van der Waals surface area (Å²) in [6.45, 7) is 0.624. The van der Waals surface area contributed by atoms with Gasteiger partial charge in [-0.1, -0.05) is 25.0 Å². The van der Waals surface area contributed by atoms with E-state index in [0.717, 1.165) is 31.9 Å². The van der Waals surface area contributed by atoms with Crippen molar-refractivity contribution in [3.63, 3.8) is 0 Å². The number of hydrogen-bond acceptors (Lipinski definition) is 6. The average Bonchev–Trinajstić information content (AvgIpc) is 2.78. The van der Waals surface area contributed by atoms with Crippen molar-refractivity contribution < 1.29 is 22.8 Å². The second kappa shape index (κ2) is 10.3. The molecule has 10 heteroatoms. The van der Waals surface area contributed by atoms with Gasteiger partial charge in [-0.15, -0.1) is 0 Å². The minimum Gasteiger partial charge on any atom is -0.330 e. The fraction of sp³-hybridized carbons (Fsp3) is 0.429. The van der Waals surface area contributed by atoms with E-state index >= 15 is 0 Å². The molecule has 1 atom stereocenters. The van der Waals surface area contributed by atoms with Crippen LogP contribution in [-0.4, -0.2) is 37.1 Å². The van der Waals surface area contributed by atoms with E-state index in [4.69, 9.17) is 10.9 Å². The summed E-state index contributed by atoms with van der Waals surface area (Å²) in [6.07, 6.45) is 5.01. The highest BCUT2D eigenvalue weighted by atomic mass is 32.2. The number of nitrogens with two attached hydrogens (primary N) is 1. The van der Waals surface area contributed by atoms with Crippen molar-refractivity contribution in [2.24, 2.45) is 17.6 Å². The molecule has 1 fully saturated rings. The van der Waals surface area contributed by atoms with Gasteiger partial charge in [-0.25, -0.2) is 18.3 Å². The first-order chi connectivity index (χ1) is 14.8. The lowest BCUT2D eigenvalue weighted by Crippen LogP contribution is -2.47. The first kappa shape index (κ1) is 23.3. The van der Waals surface area contributed by atoms with Gasteiger partial charge in [0.25, 0.3) is 5.91 Å². The second-order valence-electron chi connectivity index (χ2n) is 7.90. The predicted octanol–water partition coefficient (Wildman–Crippen LogP) is 2.20. The highest BCUT2D eigenvalue weighted by Gasteiger charge is 2.30. The number of nitrogens with zero attached hydrogens (tertiary/aromatic N) is 1. The van der Waals surface area contributed by atoms with E-state index in [1.165, 1.54) is 30.3 Å². The molecular weight excluding hydrogens is 423 g/mol. The largest absolute Gasteiger partial charge is 0.330 e. The lowest BCUT2D eigenvalue weighted by molar-refractivity contribution is -0.131. The second-order valence-corrected chi connectivity index (χ2v) is 9.61. The molecule has 1 heterocycles. The molecule has 0 radical (unpaired) electrons. The van der Waals surface area contributed by atoms with Gasteiger partial charge in [0, 0.05) is 11.8 Å². The zero-order valence-corrected chi connectivity index (χ0v) is 17.8. The van der Waals surface area contributed by atoms with Gasteiger partial charge in [0.2, 0.25) is 10.0 Å². The van der Waals surface area contributed by atoms with E-state index in [9.17, 15) is 17.6 Å². The normalized spacial score (nSPS) is 20.2. The Labute approximate surface area is 181 Å². The van der Waals surface area contributed by atoms with Crippen molar-refractivity contribution >= 4 is 15.9 Å². The van der Waals surface area contributed by atoms with Gasteiger partial charge >= 0.3 is 0 Å². The highest BCUT2D eigenvalue weighted by molar-refractivity contribution is 7.89. The highest BCUT2D eigenvalue weighted by Crippen LogP contribution is 2.31. The molecule has 5 N–H and O–H groups in total. The smallest absolute Gasteiger partial charge is 0.261 e. The third-order valence-electron chi connectivity index (χ3n) is 5.76. The van der Waals surface area contributed by atoms with Crippen LogP contribution in [-0.2, 0) is 14.8 Å². The van der Waals surface area contributed by atoms with Gasteiger partial charge in [0.1, 0.15) is 16.8 Å². The number of halogens is 1. The lowest BCUT2D eigenvalue weighted by atomic mass is 9.79. The van der Waals surface area contributed by atoms with E-state index in [1.807, 2.05) is 0 Å². The molecule has 31 heavy (non-hydrogen) atoms. The number of carbonyl (C=O) groups is 1. The maximum atomic E-state index is 13.4. The Morgan fingerprint density at radius 3 is 2.48 bits per heavy atom. The molecule has 1 aromatic carbocycles. The number of carbonyl (C=O) groups excluding carboxylic acids is 1. The fourth-order valence-electron chi connectivity index (χ4n) is 3.94. The third-order valence-corrected chi connectivity index (χ3v) is 7.22. The van der Waals surface area contributed by atoms with Crippen LogP contribution in [0.15, 0.2) is 47.5 Å². The van der Waals surface area contributed by atoms with Crippen LogP contribution in [0.3, 0.4) is 0 Å². The average molecular weight is 451 g/mol. The summed E-state index contributed by atoms with van der Waals surface area (Å²) >= 11 is 0. The summed E-state index contributed by atoms with van der Waals surface area (Å²) < 4.78 is 41.4. The first-order valence-electron chi connectivity index (χ1n) is 10.2. The Morgan fingerprint density at radius 2 is 1.90 bits per heavy atom. The summed E-state index contributed by atoms with van der Waals surface area (Å²) in [6, 6.07) is 7.51. The van der Waals surface area contributed by atoms with E-state index < -0.39 is 27.8 Å². The van der Waals surface area contributed by atoms with E-state index in [0.29, 0.717) is 23.7 Å². The molecule has 0 saturated heterocycles. The molecule has 0 unspecified atom stereocenters. The summed E-state index contributed by atoms with van der Waals surface area (Å²) in [7, 11) is -4.07. The Bertz CT molecular complexity index is 993. The zero-order chi connectivity index (χ0) is 22.4. The zero-order valence-electron chi connectivity index (χ0n) is 17.0. The van der Waals surface area contributed by atoms with Crippen LogP contribution in [0, 0.1) is 17.7 Å². The summed E-state index contributed by atoms with van der Waals surface area (Å²) in [5.74, 6) is -0.619. The maximum Gasteiger partial charge on any atom is 0.261 e. The van der Waals surface area contributed by atoms with Crippen LogP contribution in [0.4, 0.5) is 4.39 Å². The number of sulfonamides is 1. The number of hydrogen-bond donors (Lipinski definition) is 4. The Balaban J connectivity index is 1.72. The van der Waals surface area contributed by atoms with E-state index in [2.05, 4.69) is 9.71 Å². The number of aromatic nitrogens is 1. The number of nitrogens with one attached hydrogen (secondary N) is 2.